The van der Waals surface area contributed by atoms with Crippen LogP contribution in [-0.2, 0) is 9.16 Å². The smallest absolute Gasteiger partial charge is 0.192 e. The van der Waals surface area contributed by atoms with Gasteiger partial charge in [-0.1, -0.05) is 26.8 Å². The van der Waals surface area contributed by atoms with E-state index in [2.05, 4.69) is 40.4 Å². The molecule has 4 heteroatoms. The third kappa shape index (κ3) is 2.52. The van der Waals surface area contributed by atoms with Crippen molar-refractivity contribution in [1.29, 1.82) is 0 Å². The van der Waals surface area contributed by atoms with Crippen molar-refractivity contribution in [3.05, 3.63) is 12.7 Å². The molecule has 3 atom stereocenters. The van der Waals surface area contributed by atoms with Crippen molar-refractivity contribution in [2.75, 3.05) is 6.61 Å². The van der Waals surface area contributed by atoms with Gasteiger partial charge >= 0.3 is 0 Å². The molecule has 0 amide bonds. The molecule has 0 unspecified atom stereocenters. The Morgan fingerprint density at radius 3 is 2.65 bits per heavy atom. The van der Waals surface area contributed by atoms with Crippen LogP contribution < -0.4 is 0 Å². The van der Waals surface area contributed by atoms with Gasteiger partial charge in [0.15, 0.2) is 8.32 Å². The summed E-state index contributed by atoms with van der Waals surface area (Å²) < 4.78 is 12.3. The van der Waals surface area contributed by atoms with Gasteiger partial charge in [-0.2, -0.15) is 0 Å². The molecule has 2 aliphatic rings. The fourth-order valence-electron chi connectivity index (χ4n) is 2.99. The number of hydrogen-bond acceptors (Lipinski definition) is 3. The summed E-state index contributed by atoms with van der Waals surface area (Å²) >= 11 is 0. The lowest BCUT2D eigenvalue weighted by Gasteiger charge is -2.41. The van der Waals surface area contributed by atoms with Crippen LogP contribution in [0.4, 0.5) is 0 Å². The van der Waals surface area contributed by atoms with Crippen molar-refractivity contribution in [2.45, 2.75) is 81.9 Å². The van der Waals surface area contributed by atoms with E-state index < -0.39 is 19.5 Å². The first-order chi connectivity index (χ1) is 9.08. The van der Waals surface area contributed by atoms with Gasteiger partial charge in [0.25, 0.3) is 0 Å². The van der Waals surface area contributed by atoms with Crippen molar-refractivity contribution in [1.82, 2.24) is 0 Å². The molecule has 1 heterocycles. The van der Waals surface area contributed by atoms with E-state index in [-0.39, 0.29) is 11.1 Å². The topological polar surface area (TPSA) is 42.0 Å². The fourth-order valence-corrected chi connectivity index (χ4v) is 4.00. The van der Waals surface area contributed by atoms with Crippen LogP contribution in [0.15, 0.2) is 12.7 Å². The molecule has 0 bridgehead atoms. The monoisotopic (exact) mass is 298 g/mol. The van der Waals surface area contributed by atoms with Gasteiger partial charge in [-0.25, -0.2) is 0 Å². The van der Waals surface area contributed by atoms with Crippen LogP contribution in [-0.4, -0.2) is 37.3 Å². The van der Waals surface area contributed by atoms with Crippen LogP contribution in [0.2, 0.25) is 18.1 Å². The predicted molar refractivity (Wildman–Crippen MR) is 84.4 cm³/mol. The average molecular weight is 298 g/mol. The summed E-state index contributed by atoms with van der Waals surface area (Å²) in [5, 5.41) is 11.2. The van der Waals surface area contributed by atoms with E-state index in [0.29, 0.717) is 13.0 Å². The summed E-state index contributed by atoms with van der Waals surface area (Å²) in [6.45, 7) is 15.5. The largest absolute Gasteiger partial charge is 0.414 e. The minimum atomic E-state index is -1.81. The third-order valence-electron chi connectivity index (χ3n) is 5.60. The first kappa shape index (κ1) is 16.2. The number of hydrogen-bond donors (Lipinski definition) is 1. The Hall–Kier alpha value is -0.163. The summed E-state index contributed by atoms with van der Waals surface area (Å²) in [6, 6.07) is 0. The Balaban J connectivity index is 2.10. The summed E-state index contributed by atoms with van der Waals surface area (Å²) in [6.07, 6.45) is 5.42. The molecule has 3 nitrogen and oxygen atoms in total. The Labute approximate surface area is 124 Å². The number of epoxide rings is 1. The van der Waals surface area contributed by atoms with Crippen molar-refractivity contribution in [3.8, 4) is 0 Å². The molecule has 1 saturated heterocycles. The highest BCUT2D eigenvalue weighted by Gasteiger charge is 2.70. The highest BCUT2D eigenvalue weighted by atomic mass is 28.4. The van der Waals surface area contributed by atoms with E-state index >= 15 is 0 Å². The maximum atomic E-state index is 11.0. The van der Waals surface area contributed by atoms with Crippen LogP contribution in [0.1, 0.15) is 46.5 Å². The lowest BCUT2D eigenvalue weighted by molar-refractivity contribution is -0.0651. The second-order valence-electron chi connectivity index (χ2n) is 7.96. The molecule has 1 N–H and O–H groups in total. The minimum Gasteiger partial charge on any atom is -0.414 e. The van der Waals surface area contributed by atoms with Crippen molar-refractivity contribution < 1.29 is 14.3 Å². The quantitative estimate of drug-likeness (QED) is 0.479. The first-order valence-corrected chi connectivity index (χ1v) is 10.6. The fraction of sp³-hybridized carbons (Fsp3) is 0.875. The average Bonchev–Trinajstić information content (AvgIpc) is 3.02. The van der Waals surface area contributed by atoms with Gasteiger partial charge in [0.05, 0.1) is 12.7 Å². The van der Waals surface area contributed by atoms with Crippen molar-refractivity contribution >= 4 is 8.32 Å². The number of ether oxygens (including phenoxy) is 1. The first-order valence-electron chi connectivity index (χ1n) is 7.73. The molecule has 20 heavy (non-hydrogen) atoms. The Morgan fingerprint density at radius 1 is 1.45 bits per heavy atom. The molecular weight excluding hydrogens is 268 g/mol. The molecule has 0 aromatic rings. The number of rotatable bonds is 5. The van der Waals surface area contributed by atoms with Crippen LogP contribution in [0.25, 0.3) is 0 Å². The molecule has 0 aromatic heterocycles. The second kappa shape index (κ2) is 4.94. The molecular formula is C16H30O3Si. The summed E-state index contributed by atoms with van der Waals surface area (Å²) in [5.74, 6) is 0. The molecule has 1 saturated carbocycles. The molecule has 0 aromatic carbocycles. The molecule has 0 spiro atoms. The summed E-state index contributed by atoms with van der Waals surface area (Å²) in [7, 11) is -1.81. The second-order valence-corrected chi connectivity index (χ2v) is 12.8. The predicted octanol–water partition coefficient (Wildman–Crippen LogP) is 3.64. The van der Waals surface area contributed by atoms with Crippen LogP contribution in [0, 0.1) is 0 Å². The van der Waals surface area contributed by atoms with Gasteiger partial charge in [0.1, 0.15) is 11.2 Å². The third-order valence-corrected chi connectivity index (χ3v) is 10.1. The van der Waals surface area contributed by atoms with Crippen molar-refractivity contribution in [2.24, 2.45) is 0 Å². The highest BCUT2D eigenvalue weighted by molar-refractivity contribution is 6.74. The Morgan fingerprint density at radius 2 is 2.10 bits per heavy atom. The SMILES string of the molecule is C=CC[C@]1(O)CCC[C@H]2O[C@]21CO[Si](C)(C)C(C)(C)C. The van der Waals surface area contributed by atoms with Crippen LogP contribution in [0.5, 0.6) is 0 Å². The molecule has 1 aliphatic heterocycles. The maximum Gasteiger partial charge on any atom is 0.192 e. The van der Waals surface area contributed by atoms with Gasteiger partial charge in [0.2, 0.25) is 0 Å². The van der Waals surface area contributed by atoms with Crippen LogP contribution in [0.3, 0.4) is 0 Å². The molecule has 0 radical (unpaired) electrons. The van der Waals surface area contributed by atoms with Gasteiger partial charge in [-0.05, 0) is 43.8 Å². The molecule has 116 valence electrons. The normalized spacial score (nSPS) is 37.4. The van der Waals surface area contributed by atoms with Crippen LogP contribution >= 0.6 is 0 Å². The lowest BCUT2D eigenvalue weighted by atomic mass is 9.73. The maximum absolute atomic E-state index is 11.0. The van der Waals surface area contributed by atoms with Crippen molar-refractivity contribution in [3.63, 3.8) is 0 Å². The molecule has 1 aliphatic carbocycles. The Kier molecular flexibility index (Phi) is 4.00. The van der Waals surface area contributed by atoms with Gasteiger partial charge in [0, 0.05) is 0 Å². The zero-order valence-corrected chi connectivity index (χ0v) is 14.7. The summed E-state index contributed by atoms with van der Waals surface area (Å²) in [4.78, 5) is 0. The van der Waals surface area contributed by atoms with E-state index in [1.54, 1.807) is 6.08 Å². The zero-order valence-electron chi connectivity index (χ0n) is 13.7. The molecule has 2 rings (SSSR count). The van der Waals surface area contributed by atoms with Gasteiger partial charge in [-0.15, -0.1) is 6.58 Å². The lowest BCUT2D eigenvalue weighted by Crippen LogP contribution is -2.54. The Bertz CT molecular complexity index is 388. The molecule has 2 fully saturated rings. The minimum absolute atomic E-state index is 0.172. The van der Waals surface area contributed by atoms with E-state index in [1.165, 1.54) is 0 Å². The summed E-state index contributed by atoms with van der Waals surface area (Å²) in [5.41, 5.74) is -1.27. The van der Waals surface area contributed by atoms with E-state index in [4.69, 9.17) is 9.16 Å². The van der Waals surface area contributed by atoms with Gasteiger partial charge < -0.3 is 14.3 Å². The number of fused-ring (bicyclic) bond motifs is 1. The van der Waals surface area contributed by atoms with E-state index in [0.717, 1.165) is 19.3 Å². The zero-order chi connectivity index (χ0) is 15.2. The standard InChI is InChI=1S/C16H30O3Si/c1-7-10-15(17)11-8-9-13-16(15,19-13)12-18-20(5,6)14(2,3)4/h7,13,17H,1,8-12H2,2-6H3/t13-,15+,16-/m1/s1. The van der Waals surface area contributed by atoms with E-state index in [1.807, 2.05) is 0 Å². The number of aliphatic hydroxyl groups is 1. The highest BCUT2D eigenvalue weighted by Crippen LogP contribution is 2.55. The van der Waals surface area contributed by atoms with E-state index in [9.17, 15) is 5.11 Å². The van der Waals surface area contributed by atoms with Gasteiger partial charge in [-0.3, -0.25) is 0 Å².